The Labute approximate surface area is 132 Å². The third-order valence-corrected chi connectivity index (χ3v) is 4.06. The van der Waals surface area contributed by atoms with Crippen molar-refractivity contribution in [1.29, 1.82) is 0 Å². The molecule has 110 valence electrons. The van der Waals surface area contributed by atoms with E-state index in [2.05, 4.69) is 21.2 Å². The van der Waals surface area contributed by atoms with Gasteiger partial charge in [-0.25, -0.2) is 4.39 Å². The van der Waals surface area contributed by atoms with Gasteiger partial charge in [0.15, 0.2) is 0 Å². The minimum atomic E-state index is -0.743. The first-order valence-electron chi connectivity index (χ1n) is 6.64. The van der Waals surface area contributed by atoms with Crippen molar-refractivity contribution in [3.63, 3.8) is 0 Å². The topological polar surface area (TPSA) is 29.1 Å². The van der Waals surface area contributed by atoms with E-state index in [1.807, 2.05) is 39.0 Å². The molecule has 2 nitrogen and oxygen atoms in total. The molecule has 0 bridgehead atoms. The summed E-state index contributed by atoms with van der Waals surface area (Å²) in [6, 6.07) is 11.7. The molecule has 0 heterocycles. The smallest absolute Gasteiger partial charge is 0.234 e. The van der Waals surface area contributed by atoms with Gasteiger partial charge in [0.05, 0.1) is 5.41 Å². The van der Waals surface area contributed by atoms with Gasteiger partial charge in [-0.1, -0.05) is 28.1 Å². The Bertz CT molecular complexity index is 665. The Hall–Kier alpha value is -1.68. The molecule has 0 fully saturated rings. The Balaban J connectivity index is 2.24. The van der Waals surface area contributed by atoms with Gasteiger partial charge in [0.25, 0.3) is 0 Å². The highest BCUT2D eigenvalue weighted by Gasteiger charge is 2.30. The SMILES string of the molecule is Cc1cc(Br)ccc1NC(=O)C(C)(C)c1ccc(F)cc1. The van der Waals surface area contributed by atoms with Crippen molar-refractivity contribution in [2.75, 3.05) is 5.32 Å². The lowest BCUT2D eigenvalue weighted by Gasteiger charge is -2.24. The van der Waals surface area contributed by atoms with Crippen molar-refractivity contribution in [2.45, 2.75) is 26.2 Å². The summed E-state index contributed by atoms with van der Waals surface area (Å²) in [6.07, 6.45) is 0. The third-order valence-electron chi connectivity index (χ3n) is 3.57. The quantitative estimate of drug-likeness (QED) is 0.845. The normalized spacial score (nSPS) is 11.3. The second-order valence-corrected chi connectivity index (χ2v) is 6.46. The van der Waals surface area contributed by atoms with Gasteiger partial charge in [0, 0.05) is 10.2 Å². The molecule has 2 rings (SSSR count). The van der Waals surface area contributed by atoms with E-state index in [0.29, 0.717) is 0 Å². The Morgan fingerprint density at radius 1 is 1.14 bits per heavy atom. The lowest BCUT2D eigenvalue weighted by Crippen LogP contribution is -2.34. The molecule has 21 heavy (non-hydrogen) atoms. The summed E-state index contributed by atoms with van der Waals surface area (Å²) < 4.78 is 14.0. The molecular weight excluding hydrogens is 333 g/mol. The van der Waals surface area contributed by atoms with Crippen LogP contribution in [0.4, 0.5) is 10.1 Å². The van der Waals surface area contributed by atoms with Crippen LogP contribution in [0.2, 0.25) is 0 Å². The van der Waals surface area contributed by atoms with E-state index in [1.54, 1.807) is 12.1 Å². The number of carbonyl (C=O) groups is 1. The zero-order chi connectivity index (χ0) is 15.6. The number of carbonyl (C=O) groups excluding carboxylic acids is 1. The number of amides is 1. The maximum absolute atomic E-state index is 13.0. The lowest BCUT2D eigenvalue weighted by atomic mass is 9.83. The van der Waals surface area contributed by atoms with E-state index >= 15 is 0 Å². The number of hydrogen-bond donors (Lipinski definition) is 1. The summed E-state index contributed by atoms with van der Waals surface area (Å²) in [4.78, 5) is 12.5. The fourth-order valence-electron chi connectivity index (χ4n) is 2.04. The van der Waals surface area contributed by atoms with Crippen LogP contribution < -0.4 is 5.32 Å². The summed E-state index contributed by atoms with van der Waals surface area (Å²) >= 11 is 3.40. The molecule has 2 aromatic carbocycles. The first-order chi connectivity index (χ1) is 9.80. The van der Waals surface area contributed by atoms with Crippen LogP contribution in [-0.2, 0) is 10.2 Å². The van der Waals surface area contributed by atoms with Crippen LogP contribution in [0.5, 0.6) is 0 Å². The maximum atomic E-state index is 13.0. The molecule has 0 aliphatic carbocycles. The number of rotatable bonds is 3. The average molecular weight is 350 g/mol. The van der Waals surface area contributed by atoms with E-state index in [-0.39, 0.29) is 11.7 Å². The van der Waals surface area contributed by atoms with Gasteiger partial charge in [0.1, 0.15) is 5.82 Å². The maximum Gasteiger partial charge on any atom is 0.234 e. The van der Waals surface area contributed by atoms with Crippen LogP contribution in [0, 0.1) is 12.7 Å². The second-order valence-electron chi connectivity index (χ2n) is 5.55. The second kappa shape index (κ2) is 5.98. The van der Waals surface area contributed by atoms with Crippen LogP contribution in [0.25, 0.3) is 0 Å². The molecule has 0 spiro atoms. The summed E-state index contributed by atoms with van der Waals surface area (Å²) in [5.74, 6) is -0.432. The highest BCUT2D eigenvalue weighted by Crippen LogP contribution is 2.27. The highest BCUT2D eigenvalue weighted by atomic mass is 79.9. The molecule has 1 N–H and O–H groups in total. The van der Waals surface area contributed by atoms with Crippen LogP contribution >= 0.6 is 15.9 Å². The zero-order valence-electron chi connectivity index (χ0n) is 12.2. The zero-order valence-corrected chi connectivity index (χ0v) is 13.8. The minimum Gasteiger partial charge on any atom is -0.325 e. The van der Waals surface area contributed by atoms with Gasteiger partial charge in [-0.2, -0.15) is 0 Å². The van der Waals surface area contributed by atoms with E-state index in [9.17, 15) is 9.18 Å². The van der Waals surface area contributed by atoms with Crippen molar-refractivity contribution < 1.29 is 9.18 Å². The predicted molar refractivity (Wildman–Crippen MR) is 86.9 cm³/mol. The fraction of sp³-hybridized carbons (Fsp3) is 0.235. The van der Waals surface area contributed by atoms with Crippen LogP contribution in [0.1, 0.15) is 25.0 Å². The largest absolute Gasteiger partial charge is 0.325 e. The van der Waals surface area contributed by atoms with Crippen LogP contribution in [-0.4, -0.2) is 5.91 Å². The summed E-state index contributed by atoms with van der Waals surface area (Å²) in [5, 5.41) is 2.94. The monoisotopic (exact) mass is 349 g/mol. The van der Waals surface area contributed by atoms with Crippen LogP contribution in [0.3, 0.4) is 0 Å². The first-order valence-corrected chi connectivity index (χ1v) is 7.43. The van der Waals surface area contributed by atoms with Crippen LogP contribution in [0.15, 0.2) is 46.9 Å². The first kappa shape index (κ1) is 15.7. The molecule has 0 atom stereocenters. The van der Waals surface area contributed by atoms with E-state index < -0.39 is 5.41 Å². The fourth-order valence-corrected chi connectivity index (χ4v) is 2.52. The number of nitrogens with one attached hydrogen (secondary N) is 1. The molecule has 0 saturated heterocycles. The molecule has 0 aromatic heterocycles. The molecule has 4 heteroatoms. The van der Waals surface area contributed by atoms with E-state index in [1.165, 1.54) is 12.1 Å². The van der Waals surface area contributed by atoms with Crippen molar-refractivity contribution in [2.24, 2.45) is 0 Å². The number of benzene rings is 2. The summed E-state index contributed by atoms with van der Waals surface area (Å²) in [7, 11) is 0. The van der Waals surface area contributed by atoms with Gasteiger partial charge in [-0.05, 0) is 62.2 Å². The number of hydrogen-bond acceptors (Lipinski definition) is 1. The number of anilines is 1. The Morgan fingerprint density at radius 3 is 2.33 bits per heavy atom. The molecular formula is C17H17BrFNO. The highest BCUT2D eigenvalue weighted by molar-refractivity contribution is 9.10. The van der Waals surface area contributed by atoms with Crippen molar-refractivity contribution in [1.82, 2.24) is 0 Å². The van der Waals surface area contributed by atoms with Crippen molar-refractivity contribution in [3.8, 4) is 0 Å². The third kappa shape index (κ3) is 3.50. The molecule has 0 aliphatic rings. The summed E-state index contributed by atoms with van der Waals surface area (Å²) in [5.41, 5.74) is 1.79. The Kier molecular flexibility index (Phi) is 4.47. The van der Waals surface area contributed by atoms with E-state index in [4.69, 9.17) is 0 Å². The number of aryl methyl sites for hydroxylation is 1. The van der Waals surface area contributed by atoms with Gasteiger partial charge < -0.3 is 5.32 Å². The van der Waals surface area contributed by atoms with E-state index in [0.717, 1.165) is 21.3 Å². The van der Waals surface area contributed by atoms with Gasteiger partial charge in [-0.3, -0.25) is 4.79 Å². The molecule has 0 radical (unpaired) electrons. The number of halogens is 2. The van der Waals surface area contributed by atoms with Crippen molar-refractivity contribution in [3.05, 3.63) is 63.9 Å². The predicted octanol–water partition coefficient (Wildman–Crippen LogP) is 4.81. The lowest BCUT2D eigenvalue weighted by molar-refractivity contribution is -0.120. The van der Waals surface area contributed by atoms with Gasteiger partial charge in [-0.15, -0.1) is 0 Å². The average Bonchev–Trinajstić information content (AvgIpc) is 2.42. The Morgan fingerprint density at radius 2 is 1.76 bits per heavy atom. The summed E-state index contributed by atoms with van der Waals surface area (Å²) in [6.45, 7) is 5.58. The molecule has 2 aromatic rings. The molecule has 1 amide bonds. The van der Waals surface area contributed by atoms with Gasteiger partial charge >= 0.3 is 0 Å². The molecule has 0 saturated carbocycles. The van der Waals surface area contributed by atoms with Gasteiger partial charge in [0.2, 0.25) is 5.91 Å². The van der Waals surface area contributed by atoms with Crippen molar-refractivity contribution >= 4 is 27.5 Å². The molecule has 0 aliphatic heterocycles. The molecule has 0 unspecified atom stereocenters. The standard InChI is InChI=1S/C17H17BrFNO/c1-11-10-13(18)6-9-15(11)20-16(21)17(2,3)12-4-7-14(19)8-5-12/h4-10H,1-3H3,(H,20,21). The minimum absolute atomic E-state index is 0.125.